The van der Waals surface area contributed by atoms with E-state index in [0.717, 1.165) is 14.8 Å². The third kappa shape index (κ3) is 4.21. The first kappa shape index (κ1) is 29.4. The Hall–Kier alpha value is -4.12. The number of rotatable bonds is 5. The Morgan fingerprint density at radius 1 is 1.10 bits per heavy atom. The molecule has 0 N–H and O–H groups in total. The lowest BCUT2D eigenvalue weighted by Crippen LogP contribution is -2.56. The van der Waals surface area contributed by atoms with Crippen molar-refractivity contribution in [2.45, 2.75) is 44.7 Å². The van der Waals surface area contributed by atoms with E-state index in [0.29, 0.717) is 11.5 Å². The molecular weight excluding hydrogens is 657 g/mol. The summed E-state index contributed by atoms with van der Waals surface area (Å²) in [5.41, 5.74) is 0.0662. The van der Waals surface area contributed by atoms with Gasteiger partial charge in [-0.05, 0) is 79.6 Å². The molecule has 12 heteroatoms. The molecule has 218 valence electrons. The van der Waals surface area contributed by atoms with Crippen LogP contribution in [0.4, 0.5) is 5.69 Å². The number of amidine groups is 1. The van der Waals surface area contributed by atoms with Gasteiger partial charge in [-0.3, -0.25) is 9.69 Å². The number of fused-ring (bicyclic) bond motifs is 1. The third-order valence-corrected chi connectivity index (χ3v) is 8.57. The zero-order chi connectivity index (χ0) is 30.5. The SMILES string of the molecule is CC#CCN1c2ccc(I)cc2[C@]23C[C@@H](C(=O)OC)N(C(=O)c4cc(C)oc4C)C2=NC(C(=O)OC)=C(C(=O)OC)C13. The molecule has 3 atom stereocenters. The van der Waals surface area contributed by atoms with E-state index >= 15 is 0 Å². The maximum atomic E-state index is 14.3. The number of ether oxygens (including phenoxy) is 3. The standard InChI is InChI=1S/C30H28IN3O8/c1-7-8-11-33-20-10-9-17(31)13-19(20)30-14-21(26(36)39-4)34(25(35)18-12-15(2)42-16(18)3)29(30)32-23(28(38)41-6)22(24(30)33)27(37)40-5/h9-10,12-13,21,24H,11,14H2,1-6H3/t21-,24?,30-/m0/s1. The van der Waals surface area contributed by atoms with E-state index in [1.54, 1.807) is 26.8 Å². The zero-order valence-corrected chi connectivity index (χ0v) is 26.0. The minimum absolute atomic E-state index is 0.0168. The summed E-state index contributed by atoms with van der Waals surface area (Å²) >= 11 is 2.18. The fourth-order valence-electron chi connectivity index (χ4n) is 6.28. The number of benzene rings is 1. The number of esters is 3. The number of anilines is 1. The Kier molecular flexibility index (Phi) is 7.65. The van der Waals surface area contributed by atoms with Gasteiger partial charge in [0.05, 0.1) is 50.5 Å². The highest BCUT2D eigenvalue weighted by atomic mass is 127. The van der Waals surface area contributed by atoms with Crippen molar-refractivity contribution in [1.29, 1.82) is 0 Å². The van der Waals surface area contributed by atoms with Crippen LogP contribution in [0.5, 0.6) is 0 Å². The molecule has 0 aliphatic carbocycles. The van der Waals surface area contributed by atoms with Crippen LogP contribution in [0.1, 0.15) is 40.8 Å². The van der Waals surface area contributed by atoms with E-state index in [1.807, 2.05) is 23.1 Å². The summed E-state index contributed by atoms with van der Waals surface area (Å²) in [6.07, 6.45) is 0.0168. The largest absolute Gasteiger partial charge is 0.467 e. The minimum Gasteiger partial charge on any atom is -0.467 e. The highest BCUT2D eigenvalue weighted by Crippen LogP contribution is 2.58. The van der Waals surface area contributed by atoms with Gasteiger partial charge in [-0.2, -0.15) is 0 Å². The summed E-state index contributed by atoms with van der Waals surface area (Å²) in [6, 6.07) is 5.27. The summed E-state index contributed by atoms with van der Waals surface area (Å²) in [5, 5.41) is 0. The summed E-state index contributed by atoms with van der Waals surface area (Å²) in [4.78, 5) is 62.4. The molecule has 2 aromatic rings. The fourth-order valence-corrected chi connectivity index (χ4v) is 6.77. The van der Waals surface area contributed by atoms with Gasteiger partial charge in [-0.15, -0.1) is 5.92 Å². The zero-order valence-electron chi connectivity index (χ0n) is 23.9. The van der Waals surface area contributed by atoms with Crippen molar-refractivity contribution < 1.29 is 37.8 Å². The van der Waals surface area contributed by atoms with E-state index in [2.05, 4.69) is 34.4 Å². The van der Waals surface area contributed by atoms with Crippen LogP contribution in [0.25, 0.3) is 0 Å². The Balaban J connectivity index is 1.90. The van der Waals surface area contributed by atoms with Crippen molar-refractivity contribution in [1.82, 2.24) is 4.90 Å². The van der Waals surface area contributed by atoms with Crippen LogP contribution in [0.15, 0.2) is 44.9 Å². The quantitative estimate of drug-likeness (QED) is 0.202. The van der Waals surface area contributed by atoms with E-state index in [1.165, 1.54) is 26.2 Å². The average molecular weight is 685 g/mol. The lowest BCUT2D eigenvalue weighted by molar-refractivity contribution is -0.144. The van der Waals surface area contributed by atoms with Gasteiger partial charge in [-0.1, -0.05) is 5.92 Å². The Labute approximate surface area is 256 Å². The number of hydrogen-bond acceptors (Lipinski definition) is 10. The van der Waals surface area contributed by atoms with Gasteiger partial charge in [-0.25, -0.2) is 19.4 Å². The van der Waals surface area contributed by atoms with Crippen molar-refractivity contribution in [2.75, 3.05) is 32.8 Å². The normalized spacial score (nSPS) is 21.9. The Morgan fingerprint density at radius 2 is 1.81 bits per heavy atom. The van der Waals surface area contributed by atoms with Crippen molar-refractivity contribution in [3.8, 4) is 11.8 Å². The number of amides is 1. The number of carbonyl (C=O) groups is 4. The first-order valence-electron chi connectivity index (χ1n) is 13.0. The van der Waals surface area contributed by atoms with Crippen molar-refractivity contribution >= 4 is 57.9 Å². The maximum Gasteiger partial charge on any atom is 0.357 e. The monoisotopic (exact) mass is 685 g/mol. The van der Waals surface area contributed by atoms with Gasteiger partial charge in [0, 0.05) is 9.26 Å². The molecule has 3 aliphatic heterocycles. The molecule has 5 rings (SSSR count). The number of aliphatic imine (C=N–C) groups is 1. The molecule has 1 spiro atoms. The topological polar surface area (TPSA) is 128 Å². The summed E-state index contributed by atoms with van der Waals surface area (Å²) in [6.45, 7) is 5.24. The molecule has 42 heavy (non-hydrogen) atoms. The Bertz CT molecular complexity index is 1660. The van der Waals surface area contributed by atoms with Crippen molar-refractivity contribution in [2.24, 2.45) is 4.99 Å². The summed E-state index contributed by atoms with van der Waals surface area (Å²) in [5.74, 6) is 4.02. The van der Waals surface area contributed by atoms with E-state index < -0.39 is 41.3 Å². The molecule has 0 saturated carbocycles. The number of aryl methyl sites for hydroxylation is 2. The average Bonchev–Trinajstić information content (AvgIpc) is 3.60. The molecule has 1 aromatic carbocycles. The van der Waals surface area contributed by atoms with Crippen molar-refractivity contribution in [3.05, 3.63) is 61.8 Å². The van der Waals surface area contributed by atoms with E-state index in [-0.39, 0.29) is 35.6 Å². The first-order valence-corrected chi connectivity index (χ1v) is 14.1. The number of halogens is 1. The lowest BCUT2D eigenvalue weighted by atomic mass is 9.69. The van der Waals surface area contributed by atoms with Gasteiger partial charge < -0.3 is 23.5 Å². The predicted molar refractivity (Wildman–Crippen MR) is 159 cm³/mol. The molecule has 0 radical (unpaired) electrons. The first-order chi connectivity index (χ1) is 20.0. The summed E-state index contributed by atoms with van der Waals surface area (Å²) < 4.78 is 21.9. The maximum absolute atomic E-state index is 14.3. The second kappa shape index (κ2) is 10.9. The molecular formula is C30H28IN3O8. The number of furan rings is 1. The van der Waals surface area contributed by atoms with Gasteiger partial charge in [0.25, 0.3) is 5.91 Å². The van der Waals surface area contributed by atoms with Gasteiger partial charge in [0.15, 0.2) is 5.70 Å². The molecule has 1 unspecified atom stereocenters. The van der Waals surface area contributed by atoms with Crippen LogP contribution in [0.2, 0.25) is 0 Å². The number of carbonyl (C=O) groups excluding carboxylic acids is 4. The minimum atomic E-state index is -1.24. The highest BCUT2D eigenvalue weighted by Gasteiger charge is 2.68. The molecule has 3 aliphatic rings. The highest BCUT2D eigenvalue weighted by molar-refractivity contribution is 14.1. The van der Waals surface area contributed by atoms with Crippen LogP contribution in [-0.2, 0) is 34.0 Å². The van der Waals surface area contributed by atoms with E-state index in [4.69, 9.17) is 23.6 Å². The number of nitrogens with zero attached hydrogens (tertiary/aromatic N) is 3. The second-order valence-corrected chi connectivity index (χ2v) is 11.3. The molecule has 1 fully saturated rings. The predicted octanol–water partition coefficient (Wildman–Crippen LogP) is 3.05. The van der Waals surface area contributed by atoms with Crippen LogP contribution in [-0.4, -0.2) is 74.5 Å². The molecule has 1 amide bonds. The van der Waals surface area contributed by atoms with Crippen molar-refractivity contribution in [3.63, 3.8) is 0 Å². The molecule has 11 nitrogen and oxygen atoms in total. The number of likely N-dealkylation sites (tertiary alicyclic amines) is 1. The van der Waals surface area contributed by atoms with Gasteiger partial charge in [0.1, 0.15) is 23.4 Å². The van der Waals surface area contributed by atoms with Gasteiger partial charge >= 0.3 is 17.9 Å². The second-order valence-electron chi connectivity index (χ2n) is 10.0. The molecule has 4 heterocycles. The van der Waals surface area contributed by atoms with Crippen LogP contribution >= 0.6 is 22.6 Å². The summed E-state index contributed by atoms with van der Waals surface area (Å²) in [7, 11) is 3.62. The fraction of sp³-hybridized carbons (Fsp3) is 0.367. The lowest BCUT2D eigenvalue weighted by Gasteiger charge is -2.40. The third-order valence-electron chi connectivity index (χ3n) is 7.90. The van der Waals surface area contributed by atoms with Crippen LogP contribution < -0.4 is 4.90 Å². The molecule has 1 saturated heterocycles. The number of hydrogen-bond donors (Lipinski definition) is 0. The Morgan fingerprint density at radius 3 is 2.40 bits per heavy atom. The van der Waals surface area contributed by atoms with Crippen LogP contribution in [0.3, 0.4) is 0 Å². The van der Waals surface area contributed by atoms with Gasteiger partial charge in [0.2, 0.25) is 0 Å². The smallest absolute Gasteiger partial charge is 0.357 e. The van der Waals surface area contributed by atoms with E-state index in [9.17, 15) is 19.2 Å². The molecule has 1 aromatic heterocycles. The van der Waals surface area contributed by atoms with Crippen LogP contribution in [0, 0.1) is 29.3 Å². The molecule has 0 bridgehead atoms. The number of methoxy groups -OCH3 is 3.